The number of hydrogen-bond donors (Lipinski definition) is 2. The first-order valence-electron chi connectivity index (χ1n) is 7.80. The highest BCUT2D eigenvalue weighted by atomic mass is 16.5. The number of hydrogen-bond acceptors (Lipinski definition) is 3. The first kappa shape index (κ1) is 16.8. The van der Waals surface area contributed by atoms with Gasteiger partial charge in [-0.1, -0.05) is 24.3 Å². The van der Waals surface area contributed by atoms with Crippen molar-refractivity contribution >= 4 is 5.96 Å². The number of nitrogens with one attached hydrogen (secondary N) is 2. The lowest BCUT2D eigenvalue weighted by molar-refractivity contribution is 0.0243. The van der Waals surface area contributed by atoms with Crippen LogP contribution in [0.25, 0.3) is 0 Å². The summed E-state index contributed by atoms with van der Waals surface area (Å²) < 4.78 is 10.9. The van der Waals surface area contributed by atoms with Gasteiger partial charge in [0.2, 0.25) is 0 Å². The first-order chi connectivity index (χ1) is 10.6. The molecular formula is C17H27N3O2. The maximum atomic E-state index is 5.78. The zero-order valence-corrected chi connectivity index (χ0v) is 13.8. The molecule has 5 nitrogen and oxygen atoms in total. The van der Waals surface area contributed by atoms with Crippen molar-refractivity contribution in [2.75, 3.05) is 27.3 Å². The Bertz CT molecular complexity index is 479. The van der Waals surface area contributed by atoms with Crippen LogP contribution in [0.1, 0.15) is 30.9 Å². The van der Waals surface area contributed by atoms with E-state index in [1.54, 1.807) is 14.2 Å². The molecule has 1 aliphatic heterocycles. The lowest BCUT2D eigenvalue weighted by Crippen LogP contribution is -2.45. The summed E-state index contributed by atoms with van der Waals surface area (Å²) in [7, 11) is 3.49. The van der Waals surface area contributed by atoms with Crippen LogP contribution in [-0.4, -0.2) is 38.9 Å². The van der Waals surface area contributed by atoms with Gasteiger partial charge in [-0.15, -0.1) is 0 Å². The predicted octanol–water partition coefficient (Wildman–Crippen LogP) is 2.07. The highest BCUT2D eigenvalue weighted by molar-refractivity contribution is 5.79. The van der Waals surface area contributed by atoms with Crippen molar-refractivity contribution in [2.24, 2.45) is 4.99 Å². The highest BCUT2D eigenvalue weighted by Crippen LogP contribution is 2.23. The van der Waals surface area contributed by atoms with Crippen molar-refractivity contribution in [3.8, 4) is 0 Å². The molecule has 1 aromatic carbocycles. The van der Waals surface area contributed by atoms with Crippen LogP contribution in [0.4, 0.5) is 0 Å². The van der Waals surface area contributed by atoms with Gasteiger partial charge < -0.3 is 20.1 Å². The summed E-state index contributed by atoms with van der Waals surface area (Å²) >= 11 is 0. The Hall–Kier alpha value is -1.59. The van der Waals surface area contributed by atoms with Crippen molar-refractivity contribution < 1.29 is 9.47 Å². The molecule has 122 valence electrons. The number of benzene rings is 1. The second-order valence-electron chi connectivity index (χ2n) is 5.93. The summed E-state index contributed by atoms with van der Waals surface area (Å²) in [6.07, 6.45) is 2.23. The van der Waals surface area contributed by atoms with E-state index in [0.29, 0.717) is 6.61 Å². The Morgan fingerprint density at radius 1 is 1.27 bits per heavy atom. The standard InChI is InChI=1S/C17H27N3O2/c1-17(9-4-10-22-17)13-20-16(18-2)19-11-14-5-7-15(8-6-14)12-21-3/h5-8H,4,9-13H2,1-3H3,(H2,18,19,20). The summed E-state index contributed by atoms with van der Waals surface area (Å²) in [5, 5.41) is 6.68. The Morgan fingerprint density at radius 2 is 2.00 bits per heavy atom. The van der Waals surface area contributed by atoms with Crippen LogP contribution in [0.2, 0.25) is 0 Å². The lowest BCUT2D eigenvalue weighted by atomic mass is 10.0. The molecule has 0 amide bonds. The minimum absolute atomic E-state index is 0.0700. The molecule has 0 radical (unpaired) electrons. The van der Waals surface area contributed by atoms with Crippen LogP contribution < -0.4 is 10.6 Å². The second kappa shape index (κ2) is 8.15. The second-order valence-corrected chi connectivity index (χ2v) is 5.93. The van der Waals surface area contributed by atoms with Crippen molar-refractivity contribution in [1.29, 1.82) is 0 Å². The summed E-state index contributed by atoms with van der Waals surface area (Å²) in [5.41, 5.74) is 2.32. The maximum absolute atomic E-state index is 5.78. The van der Waals surface area contributed by atoms with E-state index in [2.05, 4.69) is 46.8 Å². The van der Waals surface area contributed by atoms with E-state index in [4.69, 9.17) is 9.47 Å². The third kappa shape index (κ3) is 5.00. The van der Waals surface area contributed by atoms with Gasteiger partial charge in [0, 0.05) is 33.9 Å². The summed E-state index contributed by atoms with van der Waals surface area (Å²) in [5.74, 6) is 0.803. The number of ether oxygens (including phenoxy) is 2. The topological polar surface area (TPSA) is 54.9 Å². The molecule has 1 heterocycles. The zero-order valence-electron chi connectivity index (χ0n) is 13.8. The molecule has 1 saturated heterocycles. The fourth-order valence-electron chi connectivity index (χ4n) is 2.57. The fraction of sp³-hybridized carbons (Fsp3) is 0.588. The molecule has 5 heteroatoms. The summed E-state index contributed by atoms with van der Waals surface area (Å²) in [4.78, 5) is 4.26. The smallest absolute Gasteiger partial charge is 0.191 e. The van der Waals surface area contributed by atoms with E-state index >= 15 is 0 Å². The zero-order chi connectivity index (χ0) is 15.8. The third-order valence-corrected chi connectivity index (χ3v) is 3.95. The number of methoxy groups -OCH3 is 1. The Kier molecular flexibility index (Phi) is 6.21. The van der Waals surface area contributed by atoms with Gasteiger partial charge in [-0.05, 0) is 30.9 Å². The van der Waals surface area contributed by atoms with E-state index in [9.17, 15) is 0 Å². The Balaban J connectivity index is 1.78. The molecule has 1 aliphatic rings. The predicted molar refractivity (Wildman–Crippen MR) is 88.9 cm³/mol. The minimum atomic E-state index is -0.0700. The SMILES string of the molecule is CN=C(NCc1ccc(COC)cc1)NCC1(C)CCCO1. The van der Waals surface area contributed by atoms with E-state index in [1.165, 1.54) is 11.1 Å². The van der Waals surface area contributed by atoms with E-state index < -0.39 is 0 Å². The molecule has 0 aromatic heterocycles. The van der Waals surface area contributed by atoms with Crippen LogP contribution >= 0.6 is 0 Å². The van der Waals surface area contributed by atoms with Crippen LogP contribution in [0.15, 0.2) is 29.3 Å². The van der Waals surface area contributed by atoms with E-state index in [1.807, 2.05) is 0 Å². The van der Waals surface area contributed by atoms with E-state index in [0.717, 1.165) is 38.5 Å². The van der Waals surface area contributed by atoms with Crippen molar-refractivity contribution in [3.63, 3.8) is 0 Å². The van der Waals surface area contributed by atoms with Gasteiger partial charge in [0.15, 0.2) is 5.96 Å². The van der Waals surface area contributed by atoms with Gasteiger partial charge in [0.1, 0.15) is 0 Å². The minimum Gasteiger partial charge on any atom is -0.380 e. The van der Waals surface area contributed by atoms with Gasteiger partial charge in [-0.2, -0.15) is 0 Å². The highest BCUT2D eigenvalue weighted by Gasteiger charge is 2.29. The average Bonchev–Trinajstić information content (AvgIpc) is 2.96. The lowest BCUT2D eigenvalue weighted by Gasteiger charge is -2.24. The van der Waals surface area contributed by atoms with Crippen molar-refractivity contribution in [2.45, 2.75) is 38.5 Å². The Morgan fingerprint density at radius 3 is 2.59 bits per heavy atom. The summed E-state index contributed by atoms with van der Waals surface area (Å²) in [6.45, 7) is 5.17. The molecule has 2 rings (SSSR count). The molecule has 1 aromatic rings. The maximum Gasteiger partial charge on any atom is 0.191 e. The molecule has 0 bridgehead atoms. The number of nitrogens with zero attached hydrogens (tertiary/aromatic N) is 1. The van der Waals surface area contributed by atoms with E-state index in [-0.39, 0.29) is 5.60 Å². The summed E-state index contributed by atoms with van der Waals surface area (Å²) in [6, 6.07) is 8.39. The molecule has 0 aliphatic carbocycles. The van der Waals surface area contributed by atoms with Gasteiger partial charge in [-0.25, -0.2) is 0 Å². The number of rotatable bonds is 6. The van der Waals surface area contributed by atoms with Crippen LogP contribution in [0, 0.1) is 0 Å². The van der Waals surface area contributed by atoms with Crippen LogP contribution in [0.5, 0.6) is 0 Å². The molecule has 2 N–H and O–H groups in total. The van der Waals surface area contributed by atoms with Crippen LogP contribution in [-0.2, 0) is 22.6 Å². The largest absolute Gasteiger partial charge is 0.380 e. The number of guanidine groups is 1. The normalized spacial score (nSPS) is 21.9. The third-order valence-electron chi connectivity index (χ3n) is 3.95. The quantitative estimate of drug-likeness (QED) is 0.624. The molecule has 0 saturated carbocycles. The molecule has 22 heavy (non-hydrogen) atoms. The Labute approximate surface area is 133 Å². The molecule has 1 fully saturated rings. The van der Waals surface area contributed by atoms with Crippen molar-refractivity contribution in [3.05, 3.63) is 35.4 Å². The molecular weight excluding hydrogens is 278 g/mol. The average molecular weight is 305 g/mol. The van der Waals surface area contributed by atoms with Crippen molar-refractivity contribution in [1.82, 2.24) is 10.6 Å². The fourth-order valence-corrected chi connectivity index (χ4v) is 2.57. The molecule has 1 atom stereocenters. The first-order valence-corrected chi connectivity index (χ1v) is 7.80. The monoisotopic (exact) mass is 305 g/mol. The molecule has 1 unspecified atom stereocenters. The molecule has 0 spiro atoms. The van der Waals surface area contributed by atoms with Crippen LogP contribution in [0.3, 0.4) is 0 Å². The number of aliphatic imine (C=N–C) groups is 1. The van der Waals surface area contributed by atoms with Gasteiger partial charge in [-0.3, -0.25) is 4.99 Å². The van der Waals surface area contributed by atoms with Gasteiger partial charge in [0.25, 0.3) is 0 Å². The van der Waals surface area contributed by atoms with Gasteiger partial charge in [0.05, 0.1) is 12.2 Å². The van der Waals surface area contributed by atoms with Gasteiger partial charge >= 0.3 is 0 Å².